The van der Waals surface area contributed by atoms with Crippen LogP contribution in [0.1, 0.15) is 57.9 Å². The molecule has 5 fully saturated rings. The predicted octanol–water partition coefficient (Wildman–Crippen LogP) is 3.98. The molecule has 5 aliphatic rings. The molecule has 9 heteroatoms. The predicted molar refractivity (Wildman–Crippen MR) is 123 cm³/mol. The number of benzene rings is 1. The van der Waals surface area contributed by atoms with E-state index < -0.39 is 5.54 Å². The van der Waals surface area contributed by atoms with Crippen molar-refractivity contribution in [3.63, 3.8) is 0 Å². The van der Waals surface area contributed by atoms with Crippen LogP contribution in [0.3, 0.4) is 0 Å². The van der Waals surface area contributed by atoms with Gasteiger partial charge in [-0.2, -0.15) is 0 Å². The fourth-order valence-electron chi connectivity index (χ4n) is 5.85. The number of hydrogen-bond donors (Lipinski definition) is 3. The number of rotatable bonds is 4. The minimum absolute atomic E-state index is 0.0462. The molecule has 0 unspecified atom stereocenters. The van der Waals surface area contributed by atoms with Crippen LogP contribution >= 0.6 is 23.2 Å². The van der Waals surface area contributed by atoms with Crippen molar-refractivity contribution in [3.05, 3.63) is 28.8 Å². The zero-order chi connectivity index (χ0) is 22.9. The fraction of sp³-hybridized carbons (Fsp3) is 0.609. The molecule has 1 aromatic carbocycles. The van der Waals surface area contributed by atoms with E-state index >= 15 is 0 Å². The molecule has 2 aliphatic heterocycles. The molecule has 3 aliphatic carbocycles. The lowest BCUT2D eigenvalue weighted by Crippen LogP contribution is -2.68. The minimum atomic E-state index is -0.851. The van der Waals surface area contributed by atoms with E-state index in [0.717, 1.165) is 0 Å². The van der Waals surface area contributed by atoms with E-state index in [4.69, 9.17) is 33.3 Å². The highest BCUT2D eigenvalue weighted by Gasteiger charge is 2.71. The van der Waals surface area contributed by atoms with Crippen molar-refractivity contribution in [2.24, 2.45) is 5.41 Å². The molecule has 0 radical (unpaired) electrons. The molecule has 2 heterocycles. The first-order chi connectivity index (χ1) is 15.0. The number of nitrogens with zero attached hydrogens (tertiary/aromatic N) is 1. The molecule has 1 aromatic rings. The van der Waals surface area contributed by atoms with Crippen LogP contribution in [-0.4, -0.2) is 46.3 Å². The first kappa shape index (κ1) is 22.0. The molecule has 0 spiro atoms. The summed E-state index contributed by atoms with van der Waals surface area (Å²) in [6.07, 6.45) is 3.76. The van der Waals surface area contributed by atoms with Gasteiger partial charge in [0.2, 0.25) is 11.8 Å². The lowest BCUT2D eigenvalue weighted by molar-refractivity contribution is -0.152. The molecule has 2 bridgehead atoms. The molecule has 2 amide bonds. The molecule has 3 atom stereocenters. The summed E-state index contributed by atoms with van der Waals surface area (Å²) < 4.78 is 5.60. The second-order valence-electron chi connectivity index (χ2n) is 10.2. The average Bonchev–Trinajstić information content (AvgIpc) is 2.65. The van der Waals surface area contributed by atoms with E-state index in [-0.39, 0.29) is 46.6 Å². The minimum Gasteiger partial charge on any atom is -0.378 e. The van der Waals surface area contributed by atoms with E-state index in [1.165, 1.54) is 0 Å². The van der Waals surface area contributed by atoms with Crippen molar-refractivity contribution in [1.29, 1.82) is 5.41 Å². The first-order valence-corrected chi connectivity index (χ1v) is 11.9. The highest BCUT2D eigenvalue weighted by Crippen LogP contribution is 2.71. The molecule has 0 aromatic heterocycles. The summed E-state index contributed by atoms with van der Waals surface area (Å²) in [5, 5.41) is 15.2. The van der Waals surface area contributed by atoms with E-state index in [0.29, 0.717) is 55.0 Å². The van der Waals surface area contributed by atoms with Gasteiger partial charge in [0.05, 0.1) is 34.2 Å². The third kappa shape index (κ3) is 3.40. The summed E-state index contributed by atoms with van der Waals surface area (Å²) in [4.78, 5) is 27.4. The van der Waals surface area contributed by atoms with Crippen molar-refractivity contribution >= 4 is 46.7 Å². The Morgan fingerprint density at radius 1 is 1.34 bits per heavy atom. The maximum absolute atomic E-state index is 13.2. The van der Waals surface area contributed by atoms with Crippen LogP contribution in [0, 0.1) is 10.8 Å². The van der Waals surface area contributed by atoms with Gasteiger partial charge in [-0.05, 0) is 57.6 Å². The van der Waals surface area contributed by atoms with Crippen LogP contribution in [0.5, 0.6) is 0 Å². The van der Waals surface area contributed by atoms with Crippen LogP contribution < -0.4 is 10.6 Å². The smallest absolute Gasteiger partial charge is 0.232 e. The highest BCUT2D eigenvalue weighted by molar-refractivity contribution is 6.35. The van der Waals surface area contributed by atoms with Crippen molar-refractivity contribution in [3.8, 4) is 0 Å². The van der Waals surface area contributed by atoms with Crippen molar-refractivity contribution < 1.29 is 14.3 Å². The van der Waals surface area contributed by atoms with Gasteiger partial charge in [-0.1, -0.05) is 23.7 Å². The summed E-state index contributed by atoms with van der Waals surface area (Å²) in [6, 6.07) is 5.37. The van der Waals surface area contributed by atoms with E-state index in [2.05, 4.69) is 10.6 Å². The monoisotopic (exact) mass is 478 g/mol. The number of amides is 2. The van der Waals surface area contributed by atoms with Crippen molar-refractivity contribution in [2.75, 3.05) is 11.9 Å². The van der Waals surface area contributed by atoms with Crippen molar-refractivity contribution in [2.45, 2.75) is 74.9 Å². The Kier molecular flexibility index (Phi) is 5.04. The fourth-order valence-corrected chi connectivity index (χ4v) is 7.00. The number of ether oxygens (including phenoxy) is 1. The number of carbonyl (C=O) groups excluding carboxylic acids is 2. The number of nitrogens with one attached hydrogen (secondary N) is 3. The lowest BCUT2D eigenvalue weighted by Gasteiger charge is -2.65. The quantitative estimate of drug-likeness (QED) is 0.570. The SMILES string of the molecule is C[C@@H]1C[C@H](N2C(=N)N[C@](C)(c3cccc(NC(=O)C45CC(Cl)(C4)C5)c3Cl)CC2=O)CCO1. The van der Waals surface area contributed by atoms with Gasteiger partial charge in [0.25, 0.3) is 0 Å². The average molecular weight is 479 g/mol. The highest BCUT2D eigenvalue weighted by atomic mass is 35.5. The van der Waals surface area contributed by atoms with Gasteiger partial charge < -0.3 is 15.4 Å². The normalized spacial score (nSPS) is 38.4. The van der Waals surface area contributed by atoms with Gasteiger partial charge >= 0.3 is 0 Å². The number of carbonyl (C=O) groups is 2. The van der Waals surface area contributed by atoms with Crippen LogP contribution in [0.25, 0.3) is 0 Å². The topological polar surface area (TPSA) is 94.5 Å². The van der Waals surface area contributed by atoms with Gasteiger partial charge in [-0.15, -0.1) is 11.6 Å². The van der Waals surface area contributed by atoms with Gasteiger partial charge in [-0.3, -0.25) is 19.9 Å². The maximum Gasteiger partial charge on any atom is 0.232 e. The van der Waals surface area contributed by atoms with E-state index in [1.807, 2.05) is 26.0 Å². The van der Waals surface area contributed by atoms with E-state index in [9.17, 15) is 9.59 Å². The zero-order valence-corrected chi connectivity index (χ0v) is 19.8. The van der Waals surface area contributed by atoms with Gasteiger partial charge in [0, 0.05) is 17.5 Å². The van der Waals surface area contributed by atoms with Crippen LogP contribution in [0.4, 0.5) is 5.69 Å². The molecule has 172 valence electrons. The zero-order valence-electron chi connectivity index (χ0n) is 18.3. The van der Waals surface area contributed by atoms with E-state index in [1.54, 1.807) is 11.0 Å². The molecule has 7 nitrogen and oxygen atoms in total. The number of guanidine groups is 1. The summed E-state index contributed by atoms with van der Waals surface area (Å²) in [6.45, 7) is 4.44. The standard InChI is InChI=1S/C23H28Cl2N4O3/c1-13-8-14(6-7-32-13)29-17(30)9-21(2,28-20(29)26)15-4-3-5-16(18(15)24)27-19(31)22-10-23(25,11-22)12-22/h3-5,13-14H,6-12H2,1-2H3,(H2,26,28)(H,27,31)/t13-,14-,21+,22?,23?/m1/s1. The Hall–Kier alpha value is -1.83. The van der Waals surface area contributed by atoms with Crippen LogP contribution in [0.15, 0.2) is 18.2 Å². The summed E-state index contributed by atoms with van der Waals surface area (Å²) in [5.41, 5.74) is -0.0183. The second kappa shape index (κ2) is 7.34. The van der Waals surface area contributed by atoms with Crippen LogP contribution in [-0.2, 0) is 19.9 Å². The molecular weight excluding hydrogens is 451 g/mol. The maximum atomic E-state index is 13.2. The molecule has 2 saturated heterocycles. The van der Waals surface area contributed by atoms with Gasteiger partial charge in [0.1, 0.15) is 0 Å². The molecule has 32 heavy (non-hydrogen) atoms. The van der Waals surface area contributed by atoms with Gasteiger partial charge in [0.15, 0.2) is 5.96 Å². The number of alkyl halides is 1. The number of anilines is 1. The number of hydrogen-bond acceptors (Lipinski definition) is 4. The second-order valence-corrected chi connectivity index (χ2v) is 11.4. The molecule has 3 N–H and O–H groups in total. The van der Waals surface area contributed by atoms with Gasteiger partial charge in [-0.25, -0.2) is 0 Å². The summed E-state index contributed by atoms with van der Waals surface area (Å²) in [7, 11) is 0. The van der Waals surface area contributed by atoms with Crippen molar-refractivity contribution in [1.82, 2.24) is 10.2 Å². The Bertz CT molecular complexity index is 975. The third-order valence-electron chi connectivity index (χ3n) is 7.52. The first-order valence-electron chi connectivity index (χ1n) is 11.1. The molecule has 3 saturated carbocycles. The largest absolute Gasteiger partial charge is 0.378 e. The Labute approximate surface area is 197 Å². The Balaban J connectivity index is 1.34. The van der Waals surface area contributed by atoms with Crippen LogP contribution in [0.2, 0.25) is 5.02 Å². The number of halogens is 2. The molecule has 6 rings (SSSR count). The Morgan fingerprint density at radius 2 is 2.06 bits per heavy atom. The Morgan fingerprint density at radius 3 is 2.69 bits per heavy atom. The third-order valence-corrected chi connectivity index (χ3v) is 8.33. The summed E-state index contributed by atoms with van der Waals surface area (Å²) in [5.74, 6) is -0.0822. The summed E-state index contributed by atoms with van der Waals surface area (Å²) >= 11 is 13.0. The lowest BCUT2D eigenvalue weighted by atomic mass is 9.43. The molecular formula is C23H28Cl2N4O3.